The molecule has 0 bridgehead atoms. The molecule has 9 heteroatoms. The van der Waals surface area contributed by atoms with E-state index in [1.165, 1.54) is 186 Å². The first-order chi connectivity index (χ1) is 31.6. The quantitative estimate of drug-likeness (QED) is 0.0211. The Kier molecular flexibility index (Phi) is 47.0. The van der Waals surface area contributed by atoms with Gasteiger partial charge in [0.25, 0.3) is 6.29 Å². The van der Waals surface area contributed by atoms with Crippen LogP contribution in [-0.4, -0.2) is 87.4 Å². The van der Waals surface area contributed by atoms with E-state index in [1.54, 1.807) is 0 Å². The van der Waals surface area contributed by atoms with Crippen LogP contribution in [0.15, 0.2) is 12.2 Å². The Morgan fingerprint density at radius 2 is 0.785 bits per heavy atom. The number of rotatable bonds is 52. The first-order valence-electron chi connectivity index (χ1n) is 27.9. The van der Waals surface area contributed by atoms with Crippen molar-refractivity contribution < 1.29 is 42.9 Å². The maximum Gasteiger partial charge on any atom is 0.361 e. The second kappa shape index (κ2) is 48.5. The van der Waals surface area contributed by atoms with Crippen molar-refractivity contribution in [2.75, 3.05) is 47.5 Å². The molecule has 0 amide bonds. The van der Waals surface area contributed by atoms with E-state index in [-0.39, 0.29) is 32.2 Å². The third kappa shape index (κ3) is 49.8. The van der Waals surface area contributed by atoms with Gasteiger partial charge in [0, 0.05) is 12.8 Å². The lowest BCUT2D eigenvalue weighted by atomic mass is 10.0. The maximum atomic E-state index is 12.8. The number of hydrogen-bond acceptors (Lipinski definition) is 7. The summed E-state index contributed by atoms with van der Waals surface area (Å²) in [4.78, 5) is 37.3. The standard InChI is InChI=1S/C56H107NO8/c1-6-8-10-12-14-16-18-20-22-23-24-25-26-27-28-29-30-31-32-33-35-36-38-40-42-44-46-53(58)63-50-52(51-64-56(55(60)61)62-49-48-57(3,4)5)65-54(59)47-45-43-41-39-37-34-21-19-17-15-13-11-9-7-2/h19,21,52,56H,6-18,20,22-51H2,1-5H3/p+1/b21-19-. The van der Waals surface area contributed by atoms with Gasteiger partial charge in [0.2, 0.25) is 0 Å². The molecule has 0 radical (unpaired) electrons. The van der Waals surface area contributed by atoms with Crippen LogP contribution in [0.4, 0.5) is 0 Å². The molecule has 0 saturated carbocycles. The summed E-state index contributed by atoms with van der Waals surface area (Å²) < 4.78 is 22.8. The van der Waals surface area contributed by atoms with E-state index in [0.717, 1.165) is 51.4 Å². The second-order valence-electron chi connectivity index (χ2n) is 20.3. The third-order valence-electron chi connectivity index (χ3n) is 12.5. The molecular weight excluding hydrogens is 815 g/mol. The summed E-state index contributed by atoms with van der Waals surface area (Å²) in [5.41, 5.74) is 0. The maximum absolute atomic E-state index is 12.8. The molecule has 0 saturated heterocycles. The zero-order chi connectivity index (χ0) is 47.7. The Morgan fingerprint density at radius 3 is 1.14 bits per heavy atom. The molecule has 0 aliphatic heterocycles. The SMILES string of the molecule is CCCCCCC/C=C\CCCCCCCC(=O)OC(COC(=O)CCCCCCCCCCCCCCCCCCCCCCCCCCCC)COC(OCC[N+](C)(C)C)C(=O)O. The molecule has 2 unspecified atom stereocenters. The fraction of sp³-hybridized carbons (Fsp3) is 0.911. The van der Waals surface area contributed by atoms with Gasteiger partial charge in [-0.1, -0.05) is 231 Å². The van der Waals surface area contributed by atoms with Crippen molar-refractivity contribution in [3.8, 4) is 0 Å². The molecule has 0 spiro atoms. The Balaban J connectivity index is 4.15. The minimum atomic E-state index is -1.51. The van der Waals surface area contributed by atoms with Crippen LogP contribution in [0, 0.1) is 0 Å². The highest BCUT2D eigenvalue weighted by atomic mass is 16.7. The van der Waals surface area contributed by atoms with Crippen LogP contribution in [0.2, 0.25) is 0 Å². The van der Waals surface area contributed by atoms with Gasteiger partial charge in [0.05, 0.1) is 34.4 Å². The summed E-state index contributed by atoms with van der Waals surface area (Å²) in [5, 5.41) is 9.67. The molecule has 0 aromatic heterocycles. The minimum Gasteiger partial charge on any atom is -0.477 e. The lowest BCUT2D eigenvalue weighted by Gasteiger charge is -2.25. The van der Waals surface area contributed by atoms with Gasteiger partial charge in [-0.15, -0.1) is 0 Å². The first kappa shape index (κ1) is 63.0. The molecule has 384 valence electrons. The lowest BCUT2D eigenvalue weighted by molar-refractivity contribution is -0.870. The number of carboxylic acids is 1. The highest BCUT2D eigenvalue weighted by Crippen LogP contribution is 2.17. The number of aliphatic carboxylic acids is 1. The highest BCUT2D eigenvalue weighted by Gasteiger charge is 2.25. The van der Waals surface area contributed by atoms with Gasteiger partial charge in [-0.25, -0.2) is 4.79 Å². The van der Waals surface area contributed by atoms with Crippen LogP contribution in [0.5, 0.6) is 0 Å². The van der Waals surface area contributed by atoms with Crippen LogP contribution in [0.1, 0.15) is 271 Å². The number of unbranched alkanes of at least 4 members (excludes halogenated alkanes) is 35. The molecule has 9 nitrogen and oxygen atoms in total. The third-order valence-corrected chi connectivity index (χ3v) is 12.5. The van der Waals surface area contributed by atoms with Crippen LogP contribution in [0.25, 0.3) is 0 Å². The van der Waals surface area contributed by atoms with E-state index in [9.17, 15) is 19.5 Å². The van der Waals surface area contributed by atoms with Crippen molar-refractivity contribution in [2.45, 2.75) is 283 Å². The summed E-state index contributed by atoms with van der Waals surface area (Å²) in [6.07, 6.45) is 51.5. The highest BCUT2D eigenvalue weighted by molar-refractivity contribution is 5.71. The summed E-state index contributed by atoms with van der Waals surface area (Å²) in [6, 6.07) is 0. The molecular formula is C56H108NO8+. The lowest BCUT2D eigenvalue weighted by Crippen LogP contribution is -2.40. The summed E-state index contributed by atoms with van der Waals surface area (Å²) in [7, 11) is 5.97. The average molecular weight is 923 g/mol. The molecule has 0 heterocycles. The molecule has 1 N–H and O–H groups in total. The first-order valence-corrected chi connectivity index (χ1v) is 27.9. The number of likely N-dealkylation sites (N-methyl/N-ethyl adjacent to an activating group) is 1. The number of quaternary nitrogens is 1. The number of carboxylic acid groups (broad SMARTS) is 1. The van der Waals surface area contributed by atoms with Gasteiger partial charge < -0.3 is 28.5 Å². The molecule has 0 aliphatic rings. The topological polar surface area (TPSA) is 108 Å². The van der Waals surface area contributed by atoms with Crippen LogP contribution in [-0.2, 0) is 33.3 Å². The van der Waals surface area contributed by atoms with Crippen LogP contribution < -0.4 is 0 Å². The number of ether oxygens (including phenoxy) is 4. The zero-order valence-electron chi connectivity index (χ0n) is 43.7. The summed E-state index contributed by atoms with van der Waals surface area (Å²) in [5.74, 6) is -2.00. The molecule has 0 fully saturated rings. The van der Waals surface area contributed by atoms with Crippen molar-refractivity contribution in [2.24, 2.45) is 0 Å². The normalized spacial score (nSPS) is 12.8. The van der Waals surface area contributed by atoms with Crippen molar-refractivity contribution in [3.63, 3.8) is 0 Å². The molecule has 0 aliphatic carbocycles. The molecule has 2 atom stereocenters. The van der Waals surface area contributed by atoms with Gasteiger partial charge in [0.1, 0.15) is 13.2 Å². The Bertz CT molecular complexity index is 1070. The fourth-order valence-electron chi connectivity index (χ4n) is 8.19. The average Bonchev–Trinajstić information content (AvgIpc) is 3.27. The fourth-order valence-corrected chi connectivity index (χ4v) is 8.19. The Labute approximate surface area is 402 Å². The van der Waals surface area contributed by atoms with Gasteiger partial charge in [-0.2, -0.15) is 0 Å². The monoisotopic (exact) mass is 923 g/mol. The number of esters is 2. The van der Waals surface area contributed by atoms with Crippen molar-refractivity contribution in [1.29, 1.82) is 0 Å². The number of hydrogen-bond donors (Lipinski definition) is 1. The summed E-state index contributed by atoms with van der Waals surface area (Å²) in [6.45, 7) is 4.90. The smallest absolute Gasteiger partial charge is 0.361 e. The van der Waals surface area contributed by atoms with E-state index in [2.05, 4.69) is 26.0 Å². The van der Waals surface area contributed by atoms with E-state index in [4.69, 9.17) is 18.9 Å². The molecule has 0 aromatic carbocycles. The van der Waals surface area contributed by atoms with Gasteiger partial charge >= 0.3 is 17.9 Å². The number of nitrogens with zero attached hydrogens (tertiary/aromatic N) is 1. The minimum absolute atomic E-state index is 0.179. The largest absolute Gasteiger partial charge is 0.477 e. The molecule has 65 heavy (non-hydrogen) atoms. The number of carbonyl (C=O) groups is 3. The predicted molar refractivity (Wildman–Crippen MR) is 272 cm³/mol. The zero-order valence-corrected chi connectivity index (χ0v) is 43.7. The van der Waals surface area contributed by atoms with Crippen molar-refractivity contribution in [3.05, 3.63) is 12.2 Å². The van der Waals surface area contributed by atoms with Crippen LogP contribution >= 0.6 is 0 Å². The van der Waals surface area contributed by atoms with E-state index < -0.39 is 24.3 Å². The second-order valence-corrected chi connectivity index (χ2v) is 20.3. The van der Waals surface area contributed by atoms with Gasteiger partial charge in [-0.05, 0) is 38.5 Å². The van der Waals surface area contributed by atoms with Crippen molar-refractivity contribution in [1.82, 2.24) is 0 Å². The Morgan fingerprint density at radius 1 is 0.446 bits per heavy atom. The molecule has 0 aromatic rings. The summed E-state index contributed by atoms with van der Waals surface area (Å²) >= 11 is 0. The van der Waals surface area contributed by atoms with Crippen molar-refractivity contribution >= 4 is 17.9 Å². The number of allylic oxidation sites excluding steroid dienone is 2. The van der Waals surface area contributed by atoms with E-state index in [0.29, 0.717) is 23.9 Å². The van der Waals surface area contributed by atoms with Gasteiger partial charge in [0.15, 0.2) is 6.10 Å². The Hall–Kier alpha value is -1.97. The van der Waals surface area contributed by atoms with Crippen LogP contribution in [0.3, 0.4) is 0 Å². The van der Waals surface area contributed by atoms with E-state index >= 15 is 0 Å². The van der Waals surface area contributed by atoms with E-state index in [1.807, 2.05) is 21.1 Å². The molecule has 0 rings (SSSR count). The predicted octanol–water partition coefficient (Wildman–Crippen LogP) is 15.8. The number of carbonyl (C=O) groups excluding carboxylic acids is 2. The van der Waals surface area contributed by atoms with Gasteiger partial charge in [-0.3, -0.25) is 9.59 Å².